The number of aromatic nitrogens is 3. The van der Waals surface area contributed by atoms with E-state index in [9.17, 15) is 14.9 Å². The fourth-order valence-electron chi connectivity index (χ4n) is 2.43. The Morgan fingerprint density at radius 1 is 1.35 bits per heavy atom. The van der Waals surface area contributed by atoms with Gasteiger partial charge in [-0.1, -0.05) is 17.1 Å². The van der Waals surface area contributed by atoms with Crippen LogP contribution in [0.25, 0.3) is 0 Å². The van der Waals surface area contributed by atoms with Crippen LogP contribution in [0, 0.1) is 10.1 Å². The molecule has 0 unspecified atom stereocenters. The summed E-state index contributed by atoms with van der Waals surface area (Å²) in [5.41, 5.74) is 3.14. The number of benzene rings is 1. The van der Waals surface area contributed by atoms with E-state index in [1.165, 1.54) is 22.1 Å². The molecule has 0 radical (unpaired) electrons. The first-order valence-electron chi connectivity index (χ1n) is 6.32. The number of rotatable bonds is 4. The van der Waals surface area contributed by atoms with Crippen LogP contribution in [0.1, 0.15) is 27.9 Å². The second-order valence-corrected chi connectivity index (χ2v) is 4.76. The van der Waals surface area contributed by atoms with E-state index in [0.29, 0.717) is 5.56 Å². The molecule has 1 heterocycles. The molecule has 0 amide bonds. The van der Waals surface area contributed by atoms with Gasteiger partial charge in [-0.2, -0.15) is 4.68 Å². The van der Waals surface area contributed by atoms with Crippen LogP contribution in [0.5, 0.6) is 0 Å². The maximum Gasteiger partial charge on any atom is 0.490 e. The van der Waals surface area contributed by atoms with Gasteiger partial charge in [-0.15, -0.1) is 0 Å². The molecule has 0 N–H and O–H groups in total. The quantitative estimate of drug-likeness (QED) is 0.478. The van der Waals surface area contributed by atoms with Crippen molar-refractivity contribution in [1.82, 2.24) is 14.8 Å². The monoisotopic (exact) mass is 272 g/mol. The van der Waals surface area contributed by atoms with Gasteiger partial charge in [0.2, 0.25) is 6.33 Å². The largest absolute Gasteiger partial charge is 0.490 e. The number of hydrogen-bond acceptors (Lipinski definition) is 5. The summed E-state index contributed by atoms with van der Waals surface area (Å²) in [6.45, 7) is -0.0420. The summed E-state index contributed by atoms with van der Waals surface area (Å²) < 4.78 is 1.19. The lowest BCUT2D eigenvalue weighted by Crippen LogP contribution is -2.11. The molecule has 0 spiro atoms. The molecule has 1 aliphatic rings. The molecule has 0 fully saturated rings. The second kappa shape index (κ2) is 4.84. The van der Waals surface area contributed by atoms with Gasteiger partial charge in [0.1, 0.15) is 6.54 Å². The van der Waals surface area contributed by atoms with E-state index >= 15 is 0 Å². The molecule has 0 atom stereocenters. The fourth-order valence-corrected chi connectivity index (χ4v) is 2.43. The second-order valence-electron chi connectivity index (χ2n) is 4.76. The molecule has 0 bridgehead atoms. The molecular formula is C13H12N4O3. The predicted molar refractivity (Wildman–Crippen MR) is 69.5 cm³/mol. The Bertz CT molecular complexity index is 693. The molecule has 1 aliphatic carbocycles. The third-order valence-corrected chi connectivity index (χ3v) is 3.41. The molecule has 1 aromatic heterocycles. The molecule has 20 heavy (non-hydrogen) atoms. The molecule has 7 nitrogen and oxygen atoms in total. The average Bonchev–Trinajstić information content (AvgIpc) is 3.05. The third-order valence-electron chi connectivity index (χ3n) is 3.41. The van der Waals surface area contributed by atoms with Gasteiger partial charge in [0.25, 0.3) is 0 Å². The highest BCUT2D eigenvalue weighted by atomic mass is 16.6. The Morgan fingerprint density at radius 3 is 2.90 bits per heavy atom. The molecule has 102 valence electrons. The highest BCUT2D eigenvalue weighted by Gasteiger charge is 2.18. The highest BCUT2D eigenvalue weighted by Crippen LogP contribution is 2.23. The van der Waals surface area contributed by atoms with Gasteiger partial charge in [0.15, 0.2) is 5.78 Å². The Labute approximate surface area is 114 Å². The molecule has 0 aliphatic heterocycles. The van der Waals surface area contributed by atoms with Gasteiger partial charge in [-0.05, 0) is 41.4 Å². The molecule has 2 aromatic rings. The van der Waals surface area contributed by atoms with Gasteiger partial charge in [0, 0.05) is 10.7 Å². The van der Waals surface area contributed by atoms with Crippen molar-refractivity contribution in [2.45, 2.75) is 25.8 Å². The number of Topliss-reactive ketones (excluding diaryl/α,β-unsaturated/α-hetero) is 1. The van der Waals surface area contributed by atoms with Crippen molar-refractivity contribution in [2.75, 3.05) is 0 Å². The van der Waals surface area contributed by atoms with Crippen LogP contribution in [-0.4, -0.2) is 25.5 Å². The molecule has 3 rings (SSSR count). The summed E-state index contributed by atoms with van der Waals surface area (Å²) in [6, 6.07) is 5.70. The zero-order valence-corrected chi connectivity index (χ0v) is 10.7. The molecule has 1 aromatic carbocycles. The van der Waals surface area contributed by atoms with Crippen molar-refractivity contribution in [3.63, 3.8) is 0 Å². The number of nitrogens with zero attached hydrogens (tertiary/aromatic N) is 4. The van der Waals surface area contributed by atoms with E-state index in [2.05, 4.69) is 10.1 Å². The summed E-state index contributed by atoms with van der Waals surface area (Å²) in [5, 5.41) is 14.1. The Balaban J connectivity index is 1.77. The van der Waals surface area contributed by atoms with Crippen molar-refractivity contribution < 1.29 is 9.72 Å². The van der Waals surface area contributed by atoms with E-state index in [4.69, 9.17) is 0 Å². The fraction of sp³-hybridized carbons (Fsp3) is 0.308. The van der Waals surface area contributed by atoms with Gasteiger partial charge >= 0.3 is 5.95 Å². The summed E-state index contributed by atoms with van der Waals surface area (Å²) in [5.74, 6) is -0.619. The van der Waals surface area contributed by atoms with E-state index < -0.39 is 10.9 Å². The summed E-state index contributed by atoms with van der Waals surface area (Å²) in [6.07, 6.45) is 4.40. The van der Waals surface area contributed by atoms with E-state index in [0.717, 1.165) is 19.3 Å². The van der Waals surface area contributed by atoms with Crippen LogP contribution in [-0.2, 0) is 19.4 Å². The predicted octanol–water partition coefficient (Wildman–Crippen LogP) is 1.56. The van der Waals surface area contributed by atoms with Crippen LogP contribution >= 0.6 is 0 Å². The van der Waals surface area contributed by atoms with Crippen LogP contribution < -0.4 is 0 Å². The maximum absolute atomic E-state index is 12.1. The first kappa shape index (κ1) is 12.5. The standard InChI is InChI=1S/C13H12N4O3/c18-12(7-16-8-14-13(15-16)17(19)20)11-5-4-9-2-1-3-10(9)6-11/h4-6,8H,1-3,7H2. The first-order chi connectivity index (χ1) is 9.63. The summed E-state index contributed by atoms with van der Waals surface area (Å²) in [4.78, 5) is 25.5. The lowest BCUT2D eigenvalue weighted by atomic mass is 10.0. The van der Waals surface area contributed by atoms with Crippen LogP contribution in [0.2, 0.25) is 0 Å². The van der Waals surface area contributed by atoms with Gasteiger partial charge in [-0.25, -0.2) is 0 Å². The van der Waals surface area contributed by atoms with Gasteiger partial charge < -0.3 is 10.1 Å². The number of aryl methyl sites for hydroxylation is 2. The van der Waals surface area contributed by atoms with Crippen molar-refractivity contribution in [3.05, 3.63) is 51.3 Å². The lowest BCUT2D eigenvalue weighted by Gasteiger charge is -2.03. The number of carbonyl (C=O) groups excluding carboxylic acids is 1. The number of nitro groups is 1. The van der Waals surface area contributed by atoms with Gasteiger partial charge in [-0.3, -0.25) is 4.79 Å². The summed E-state index contributed by atoms with van der Waals surface area (Å²) >= 11 is 0. The van der Waals surface area contributed by atoms with Crippen molar-refractivity contribution >= 4 is 11.7 Å². The number of ketones is 1. The maximum atomic E-state index is 12.1. The average molecular weight is 272 g/mol. The zero-order valence-electron chi connectivity index (χ0n) is 10.7. The molecule has 0 saturated heterocycles. The van der Waals surface area contributed by atoms with Crippen LogP contribution in [0.4, 0.5) is 5.95 Å². The molecule has 7 heteroatoms. The normalized spacial score (nSPS) is 13.2. The van der Waals surface area contributed by atoms with E-state index in [1.54, 1.807) is 6.07 Å². The van der Waals surface area contributed by atoms with E-state index in [-0.39, 0.29) is 12.3 Å². The minimum absolute atomic E-state index is 0.0420. The van der Waals surface area contributed by atoms with E-state index in [1.807, 2.05) is 12.1 Å². The Morgan fingerprint density at radius 2 is 2.15 bits per heavy atom. The Hall–Kier alpha value is -2.57. The summed E-state index contributed by atoms with van der Waals surface area (Å²) in [7, 11) is 0. The van der Waals surface area contributed by atoms with Gasteiger partial charge in [0.05, 0.1) is 0 Å². The van der Waals surface area contributed by atoms with Crippen molar-refractivity contribution in [3.8, 4) is 0 Å². The number of carbonyl (C=O) groups is 1. The SMILES string of the molecule is O=C(Cn1cnc([N+](=O)[O-])n1)c1ccc2c(c1)CCC2. The minimum Gasteiger partial charge on any atom is -0.390 e. The first-order valence-corrected chi connectivity index (χ1v) is 6.32. The minimum atomic E-state index is -0.684. The van der Waals surface area contributed by atoms with Crippen molar-refractivity contribution in [1.29, 1.82) is 0 Å². The molecule has 0 saturated carbocycles. The van der Waals surface area contributed by atoms with Crippen molar-refractivity contribution in [2.24, 2.45) is 0 Å². The number of hydrogen-bond donors (Lipinski definition) is 0. The topological polar surface area (TPSA) is 90.9 Å². The van der Waals surface area contributed by atoms with Crippen LogP contribution in [0.3, 0.4) is 0 Å². The van der Waals surface area contributed by atoms with Crippen LogP contribution in [0.15, 0.2) is 24.5 Å². The lowest BCUT2D eigenvalue weighted by molar-refractivity contribution is -0.394. The zero-order chi connectivity index (χ0) is 14.1. The molecular weight excluding hydrogens is 260 g/mol. The Kier molecular flexibility index (Phi) is 3.02. The number of fused-ring (bicyclic) bond motifs is 1. The highest BCUT2D eigenvalue weighted by molar-refractivity contribution is 5.96. The smallest absolute Gasteiger partial charge is 0.390 e. The third kappa shape index (κ3) is 2.29.